The van der Waals surface area contributed by atoms with Gasteiger partial charge < -0.3 is 19.7 Å². The molecule has 0 bridgehead atoms. The van der Waals surface area contributed by atoms with Crippen LogP contribution in [0.3, 0.4) is 0 Å². The molecule has 2 aliphatic rings. The molecule has 13 heteroatoms. The number of hydrogen-bond acceptors (Lipinski definition) is 8. The molecule has 0 aromatic carbocycles. The van der Waals surface area contributed by atoms with Gasteiger partial charge in [-0.25, -0.2) is 4.98 Å². The van der Waals surface area contributed by atoms with Crippen LogP contribution in [0.25, 0.3) is 10.2 Å². The average molecular weight is 509 g/mol. The third-order valence-electron chi connectivity index (χ3n) is 6.37. The lowest BCUT2D eigenvalue weighted by atomic mass is 10.2. The number of carbonyl (C=O) groups excluding carboxylic acids is 1. The second kappa shape index (κ2) is 9.25. The molecule has 0 spiro atoms. The molecule has 1 atom stereocenters. The Kier molecular flexibility index (Phi) is 6.28. The highest BCUT2D eigenvalue weighted by molar-refractivity contribution is 7.18. The summed E-state index contributed by atoms with van der Waals surface area (Å²) in [5.41, 5.74) is 0. The van der Waals surface area contributed by atoms with Gasteiger partial charge in [-0.2, -0.15) is 18.2 Å². The molecule has 1 unspecified atom stereocenters. The first-order chi connectivity index (χ1) is 16.8. The van der Waals surface area contributed by atoms with Crippen molar-refractivity contribution >= 4 is 39.2 Å². The number of nitrogens with zero attached hydrogens (tertiary/aromatic N) is 7. The Balaban J connectivity index is 1.47. The first-order valence-corrected chi connectivity index (χ1v) is 12.7. The lowest BCUT2D eigenvalue weighted by molar-refractivity contribution is -0.147. The molecule has 5 heterocycles. The van der Waals surface area contributed by atoms with Crippen molar-refractivity contribution in [2.75, 3.05) is 29.4 Å². The molecule has 9 nitrogen and oxygen atoms in total. The number of anilines is 2. The minimum absolute atomic E-state index is 0.0204. The normalized spacial score (nSPS) is 18.4. The quantitative estimate of drug-likeness (QED) is 0.546. The number of rotatable bonds is 6. The number of halogens is 3. The van der Waals surface area contributed by atoms with Gasteiger partial charge in [-0.3, -0.25) is 4.79 Å². The van der Waals surface area contributed by atoms with Crippen molar-refractivity contribution in [1.29, 1.82) is 0 Å². The topological polar surface area (TPSA) is 92.1 Å². The largest absolute Gasteiger partial charge is 0.451 e. The van der Waals surface area contributed by atoms with Crippen LogP contribution in [0.15, 0.2) is 6.07 Å². The van der Waals surface area contributed by atoms with Crippen molar-refractivity contribution in [3.8, 4) is 0 Å². The Labute approximate surface area is 204 Å². The van der Waals surface area contributed by atoms with Gasteiger partial charge in [0.05, 0.1) is 11.9 Å². The maximum absolute atomic E-state index is 13.3. The van der Waals surface area contributed by atoms with Crippen molar-refractivity contribution in [3.05, 3.63) is 22.6 Å². The zero-order valence-corrected chi connectivity index (χ0v) is 20.4. The van der Waals surface area contributed by atoms with Crippen LogP contribution in [-0.4, -0.2) is 56.3 Å². The molecule has 1 saturated heterocycles. The summed E-state index contributed by atoms with van der Waals surface area (Å²) in [4.78, 5) is 27.7. The number of hydrogen-bond donors (Lipinski definition) is 1. The molecular weight excluding hydrogens is 481 g/mol. The molecule has 0 saturated carbocycles. The standard InChI is InChI=1S/C22H27F3N8OS/c1-3-5-14-10-15-18(31-8-9-33-16(12-31)29-30-20(33)22(23,24)25)27-21(28-19(15)35-14)32-7-6-13(11-32)26-17(34)4-2/h10,13H,3-9,11-12H2,1-2H3,(H,26,34). The van der Waals surface area contributed by atoms with Gasteiger partial charge in [-0.1, -0.05) is 20.3 Å². The van der Waals surface area contributed by atoms with Crippen LogP contribution < -0.4 is 15.1 Å². The van der Waals surface area contributed by atoms with E-state index in [1.807, 2.05) is 11.8 Å². The predicted octanol–water partition coefficient (Wildman–Crippen LogP) is 3.38. The molecule has 1 amide bonds. The van der Waals surface area contributed by atoms with Crippen molar-refractivity contribution in [1.82, 2.24) is 30.0 Å². The number of aryl methyl sites for hydroxylation is 1. The van der Waals surface area contributed by atoms with Gasteiger partial charge in [-0.15, -0.1) is 21.5 Å². The fourth-order valence-corrected chi connectivity index (χ4v) is 5.75. The summed E-state index contributed by atoms with van der Waals surface area (Å²) >= 11 is 1.63. The summed E-state index contributed by atoms with van der Waals surface area (Å²) in [5, 5.41) is 11.2. The third-order valence-corrected chi connectivity index (χ3v) is 7.46. The second-order valence-corrected chi connectivity index (χ2v) is 10.0. The van der Waals surface area contributed by atoms with Gasteiger partial charge in [0.15, 0.2) is 5.82 Å². The van der Waals surface area contributed by atoms with Gasteiger partial charge in [-0.05, 0) is 18.9 Å². The summed E-state index contributed by atoms with van der Waals surface area (Å²) in [7, 11) is 0. The van der Waals surface area contributed by atoms with Gasteiger partial charge in [0.1, 0.15) is 10.6 Å². The molecule has 0 radical (unpaired) electrons. The highest BCUT2D eigenvalue weighted by atomic mass is 32.1. The molecule has 3 aromatic heterocycles. The molecule has 5 rings (SSSR count). The van der Waals surface area contributed by atoms with Crippen molar-refractivity contribution in [2.45, 2.75) is 64.8 Å². The Morgan fingerprint density at radius 3 is 2.74 bits per heavy atom. The summed E-state index contributed by atoms with van der Waals surface area (Å²) in [6.07, 6.45) is -1.37. The highest BCUT2D eigenvalue weighted by Gasteiger charge is 2.40. The van der Waals surface area contributed by atoms with Crippen LogP contribution in [-0.2, 0) is 30.5 Å². The van der Waals surface area contributed by atoms with Gasteiger partial charge in [0.2, 0.25) is 17.7 Å². The predicted molar refractivity (Wildman–Crippen MR) is 127 cm³/mol. The number of fused-ring (bicyclic) bond motifs is 2. The number of carbonyl (C=O) groups is 1. The summed E-state index contributed by atoms with van der Waals surface area (Å²) in [6.45, 7) is 5.94. The number of amides is 1. The Hall–Kier alpha value is -2.96. The number of thiophene rings is 1. The smallest absolute Gasteiger partial charge is 0.352 e. The van der Waals surface area contributed by atoms with E-state index in [9.17, 15) is 18.0 Å². The van der Waals surface area contributed by atoms with E-state index >= 15 is 0 Å². The zero-order chi connectivity index (χ0) is 24.7. The van der Waals surface area contributed by atoms with Gasteiger partial charge in [0.25, 0.3) is 0 Å². The van der Waals surface area contributed by atoms with Crippen molar-refractivity contribution in [2.24, 2.45) is 0 Å². The monoisotopic (exact) mass is 508 g/mol. The Bertz CT molecular complexity index is 1240. The van der Waals surface area contributed by atoms with Crippen LogP contribution in [0.1, 0.15) is 49.6 Å². The van der Waals surface area contributed by atoms with E-state index in [2.05, 4.69) is 33.4 Å². The van der Waals surface area contributed by atoms with E-state index in [0.29, 0.717) is 31.3 Å². The molecule has 35 heavy (non-hydrogen) atoms. The minimum atomic E-state index is -4.54. The molecule has 188 valence electrons. The lowest BCUT2D eigenvalue weighted by Crippen LogP contribution is -2.37. The van der Waals surface area contributed by atoms with Gasteiger partial charge in [0, 0.05) is 43.5 Å². The number of nitrogens with one attached hydrogen (secondary N) is 1. The molecule has 3 aromatic rings. The molecule has 2 aliphatic heterocycles. The summed E-state index contributed by atoms with van der Waals surface area (Å²) in [6, 6.07) is 2.13. The van der Waals surface area contributed by atoms with E-state index < -0.39 is 12.0 Å². The van der Waals surface area contributed by atoms with Crippen LogP contribution in [0.2, 0.25) is 0 Å². The van der Waals surface area contributed by atoms with Gasteiger partial charge >= 0.3 is 6.18 Å². The van der Waals surface area contributed by atoms with Crippen LogP contribution in [0, 0.1) is 0 Å². The first kappa shape index (κ1) is 23.8. The fraction of sp³-hybridized carbons (Fsp3) is 0.591. The van der Waals surface area contributed by atoms with E-state index in [1.165, 1.54) is 4.88 Å². The second-order valence-electron chi connectivity index (χ2n) is 8.89. The summed E-state index contributed by atoms with van der Waals surface area (Å²) < 4.78 is 41.0. The zero-order valence-electron chi connectivity index (χ0n) is 19.6. The van der Waals surface area contributed by atoms with E-state index in [4.69, 9.17) is 9.97 Å². The molecule has 1 fully saturated rings. The number of aromatic nitrogens is 5. The van der Waals surface area contributed by atoms with Crippen molar-refractivity contribution in [3.63, 3.8) is 0 Å². The number of alkyl halides is 3. The maximum atomic E-state index is 13.3. The average Bonchev–Trinajstić information content (AvgIpc) is 3.55. The minimum Gasteiger partial charge on any atom is -0.352 e. The van der Waals surface area contributed by atoms with Crippen LogP contribution in [0.4, 0.5) is 24.9 Å². The first-order valence-electron chi connectivity index (χ1n) is 11.9. The molecular formula is C22H27F3N8OS. The summed E-state index contributed by atoms with van der Waals surface area (Å²) in [5.74, 6) is 0.608. The molecule has 1 N–H and O–H groups in total. The SMILES string of the molecule is CCCc1cc2c(N3CCn4c(nnc4C(F)(F)F)C3)nc(N3CCC(NC(=O)CC)C3)nc2s1. The van der Waals surface area contributed by atoms with Crippen LogP contribution in [0.5, 0.6) is 0 Å². The molecule has 0 aliphatic carbocycles. The van der Waals surface area contributed by atoms with E-state index in [0.717, 1.165) is 40.6 Å². The Morgan fingerprint density at radius 2 is 2.00 bits per heavy atom. The van der Waals surface area contributed by atoms with E-state index in [1.54, 1.807) is 11.3 Å². The third kappa shape index (κ3) is 4.65. The fourth-order valence-electron chi connectivity index (χ4n) is 4.64. The lowest BCUT2D eigenvalue weighted by Gasteiger charge is -2.30. The van der Waals surface area contributed by atoms with Crippen molar-refractivity contribution < 1.29 is 18.0 Å². The van der Waals surface area contributed by atoms with Crippen LogP contribution >= 0.6 is 11.3 Å². The maximum Gasteiger partial charge on any atom is 0.451 e. The highest BCUT2D eigenvalue weighted by Crippen LogP contribution is 2.36. The van der Waals surface area contributed by atoms with E-state index in [-0.39, 0.29) is 30.9 Å². The Morgan fingerprint density at radius 1 is 1.17 bits per heavy atom.